The number of amides is 2. The van der Waals surface area contributed by atoms with Gasteiger partial charge >= 0.3 is 0 Å². The Labute approximate surface area is 131 Å². The second-order valence-corrected chi connectivity index (χ2v) is 6.18. The summed E-state index contributed by atoms with van der Waals surface area (Å²) in [6.07, 6.45) is 1.66. The third-order valence-corrected chi connectivity index (χ3v) is 4.17. The molecule has 2 amide bonds. The molecule has 1 aromatic carbocycles. The summed E-state index contributed by atoms with van der Waals surface area (Å²) in [6.45, 7) is 3.68. The number of nitrogens with one attached hydrogen (secondary N) is 1. The molecule has 1 unspecified atom stereocenters. The number of carbonyl (C=O) groups is 2. The van der Waals surface area contributed by atoms with Gasteiger partial charge in [0.05, 0.1) is 5.41 Å². The molecule has 4 nitrogen and oxygen atoms in total. The van der Waals surface area contributed by atoms with Gasteiger partial charge in [-0.1, -0.05) is 18.2 Å². The van der Waals surface area contributed by atoms with Gasteiger partial charge in [0.25, 0.3) is 5.91 Å². The van der Waals surface area contributed by atoms with Crippen LogP contribution < -0.4 is 5.32 Å². The lowest BCUT2D eigenvalue weighted by Crippen LogP contribution is -2.52. The van der Waals surface area contributed by atoms with E-state index in [1.807, 2.05) is 37.3 Å². The van der Waals surface area contributed by atoms with Gasteiger partial charge in [-0.15, -0.1) is 0 Å². The van der Waals surface area contributed by atoms with Gasteiger partial charge in [0.1, 0.15) is 0 Å². The van der Waals surface area contributed by atoms with E-state index in [1.165, 1.54) is 0 Å². The lowest BCUT2D eigenvalue weighted by Gasteiger charge is -2.39. The number of piperidine rings is 1. The molecule has 1 fully saturated rings. The number of nitrogens with zero attached hydrogens (tertiary/aromatic N) is 1. The third kappa shape index (κ3) is 3.79. The summed E-state index contributed by atoms with van der Waals surface area (Å²) < 4.78 is 0. The Kier molecular flexibility index (Phi) is 5.28. The fraction of sp³-hybridized carbons (Fsp3) is 0.500. The van der Waals surface area contributed by atoms with E-state index in [-0.39, 0.29) is 11.8 Å². The maximum absolute atomic E-state index is 12.5. The summed E-state index contributed by atoms with van der Waals surface area (Å²) in [6, 6.07) is 9.23. The first-order valence-corrected chi connectivity index (χ1v) is 7.93. The SMILES string of the molecule is CC1(C(=O)NCCS)CCCN(C(=O)c2ccccc2)C1. The highest BCUT2D eigenvalue weighted by Crippen LogP contribution is 2.30. The van der Waals surface area contributed by atoms with E-state index in [9.17, 15) is 9.59 Å². The number of hydrogen-bond acceptors (Lipinski definition) is 3. The molecule has 5 heteroatoms. The third-order valence-electron chi connectivity index (χ3n) is 3.95. The molecule has 1 heterocycles. The number of hydrogen-bond donors (Lipinski definition) is 2. The van der Waals surface area contributed by atoms with E-state index >= 15 is 0 Å². The largest absolute Gasteiger partial charge is 0.355 e. The van der Waals surface area contributed by atoms with E-state index in [0.717, 1.165) is 12.8 Å². The van der Waals surface area contributed by atoms with Crippen LogP contribution in [0.25, 0.3) is 0 Å². The lowest BCUT2D eigenvalue weighted by molar-refractivity contribution is -0.132. The van der Waals surface area contributed by atoms with E-state index < -0.39 is 5.41 Å². The Bertz CT molecular complexity index is 506. The van der Waals surface area contributed by atoms with Crippen LogP contribution in [-0.4, -0.2) is 42.1 Å². The van der Waals surface area contributed by atoms with Crippen LogP contribution in [0.2, 0.25) is 0 Å². The van der Waals surface area contributed by atoms with Crippen molar-refractivity contribution in [3.05, 3.63) is 35.9 Å². The van der Waals surface area contributed by atoms with Gasteiger partial charge in [-0.2, -0.15) is 12.6 Å². The van der Waals surface area contributed by atoms with Crippen LogP contribution in [0.1, 0.15) is 30.1 Å². The van der Waals surface area contributed by atoms with Crippen LogP contribution >= 0.6 is 12.6 Å². The predicted octanol–water partition coefficient (Wildman–Crippen LogP) is 1.97. The minimum atomic E-state index is -0.508. The maximum atomic E-state index is 12.5. The smallest absolute Gasteiger partial charge is 0.253 e. The Morgan fingerprint density at radius 2 is 2.05 bits per heavy atom. The second-order valence-electron chi connectivity index (χ2n) is 5.74. The Morgan fingerprint density at radius 3 is 2.71 bits per heavy atom. The molecule has 0 bridgehead atoms. The monoisotopic (exact) mass is 306 g/mol. The molecule has 21 heavy (non-hydrogen) atoms. The van der Waals surface area contributed by atoms with Crippen molar-refractivity contribution in [2.24, 2.45) is 5.41 Å². The van der Waals surface area contributed by atoms with Gasteiger partial charge in [0, 0.05) is 31.0 Å². The van der Waals surface area contributed by atoms with Crippen molar-refractivity contribution in [1.29, 1.82) is 0 Å². The van der Waals surface area contributed by atoms with Crippen LogP contribution in [0.3, 0.4) is 0 Å². The van der Waals surface area contributed by atoms with Gasteiger partial charge in [0.15, 0.2) is 0 Å². The molecule has 0 aromatic heterocycles. The number of rotatable bonds is 4. The van der Waals surface area contributed by atoms with Crippen LogP contribution in [0.15, 0.2) is 30.3 Å². The summed E-state index contributed by atoms with van der Waals surface area (Å²) in [5, 5.41) is 2.89. The van der Waals surface area contributed by atoms with Crippen LogP contribution in [0, 0.1) is 5.41 Å². The van der Waals surface area contributed by atoms with Gasteiger partial charge in [0.2, 0.25) is 5.91 Å². The maximum Gasteiger partial charge on any atom is 0.253 e. The standard InChI is InChI=1S/C16H22N2O2S/c1-16(15(20)17-9-11-21)8-5-10-18(12-16)14(19)13-6-3-2-4-7-13/h2-4,6-7,21H,5,8-12H2,1H3,(H,17,20). The van der Waals surface area contributed by atoms with E-state index in [2.05, 4.69) is 17.9 Å². The molecule has 2 rings (SSSR count). The summed E-state index contributed by atoms with van der Waals surface area (Å²) in [4.78, 5) is 26.6. The van der Waals surface area contributed by atoms with Gasteiger partial charge in [-0.05, 0) is 31.9 Å². The fourth-order valence-electron chi connectivity index (χ4n) is 2.74. The first-order valence-electron chi connectivity index (χ1n) is 7.30. The number of carbonyl (C=O) groups excluding carboxylic acids is 2. The average Bonchev–Trinajstić information content (AvgIpc) is 2.52. The van der Waals surface area contributed by atoms with Gasteiger partial charge in [-0.25, -0.2) is 0 Å². The molecule has 0 saturated carbocycles. The topological polar surface area (TPSA) is 49.4 Å². The first-order chi connectivity index (χ1) is 10.1. The predicted molar refractivity (Wildman–Crippen MR) is 86.5 cm³/mol. The average molecular weight is 306 g/mol. The molecule has 1 N–H and O–H groups in total. The Hall–Kier alpha value is -1.49. The normalized spacial score (nSPS) is 21.9. The zero-order valence-electron chi connectivity index (χ0n) is 12.3. The van der Waals surface area contributed by atoms with Crippen molar-refractivity contribution < 1.29 is 9.59 Å². The summed E-state index contributed by atoms with van der Waals surface area (Å²) >= 11 is 4.11. The van der Waals surface area contributed by atoms with E-state index in [1.54, 1.807) is 4.90 Å². The molecule has 0 aliphatic carbocycles. The van der Waals surface area contributed by atoms with Crippen molar-refractivity contribution in [3.63, 3.8) is 0 Å². The van der Waals surface area contributed by atoms with Crippen molar-refractivity contribution in [2.45, 2.75) is 19.8 Å². The van der Waals surface area contributed by atoms with Crippen LogP contribution in [-0.2, 0) is 4.79 Å². The van der Waals surface area contributed by atoms with Crippen molar-refractivity contribution >= 4 is 24.4 Å². The molecule has 1 aliphatic rings. The molecule has 0 radical (unpaired) electrons. The van der Waals surface area contributed by atoms with Crippen LogP contribution in [0.5, 0.6) is 0 Å². The summed E-state index contributed by atoms with van der Waals surface area (Å²) in [5.74, 6) is 0.639. The van der Waals surface area contributed by atoms with Crippen molar-refractivity contribution in [3.8, 4) is 0 Å². The van der Waals surface area contributed by atoms with E-state index in [4.69, 9.17) is 0 Å². The fourth-order valence-corrected chi connectivity index (χ4v) is 2.86. The van der Waals surface area contributed by atoms with Gasteiger partial charge in [-0.3, -0.25) is 9.59 Å². The lowest BCUT2D eigenvalue weighted by atomic mass is 9.80. The Balaban J connectivity index is 2.06. The number of benzene rings is 1. The molecular weight excluding hydrogens is 284 g/mol. The molecule has 1 atom stereocenters. The second kappa shape index (κ2) is 6.98. The van der Waals surface area contributed by atoms with E-state index in [0.29, 0.717) is 31.0 Å². The zero-order valence-corrected chi connectivity index (χ0v) is 13.2. The highest BCUT2D eigenvalue weighted by molar-refractivity contribution is 7.80. The summed E-state index contributed by atoms with van der Waals surface area (Å²) in [5.41, 5.74) is 0.170. The highest BCUT2D eigenvalue weighted by Gasteiger charge is 2.39. The molecule has 1 aliphatic heterocycles. The molecule has 114 valence electrons. The van der Waals surface area contributed by atoms with Gasteiger partial charge < -0.3 is 10.2 Å². The minimum absolute atomic E-state index is 0.00326. The minimum Gasteiger partial charge on any atom is -0.355 e. The van der Waals surface area contributed by atoms with Crippen molar-refractivity contribution in [1.82, 2.24) is 10.2 Å². The molecule has 1 saturated heterocycles. The van der Waals surface area contributed by atoms with Crippen molar-refractivity contribution in [2.75, 3.05) is 25.4 Å². The van der Waals surface area contributed by atoms with Crippen LogP contribution in [0.4, 0.5) is 0 Å². The molecule has 0 spiro atoms. The zero-order chi connectivity index (χ0) is 15.3. The quantitative estimate of drug-likeness (QED) is 0.836. The number of thiol groups is 1. The Morgan fingerprint density at radius 1 is 1.33 bits per heavy atom. The number of likely N-dealkylation sites (tertiary alicyclic amines) is 1. The highest BCUT2D eigenvalue weighted by atomic mass is 32.1. The first kappa shape index (κ1) is 15.9. The summed E-state index contributed by atoms with van der Waals surface area (Å²) in [7, 11) is 0. The molecular formula is C16H22N2O2S. The molecule has 1 aromatic rings.